The Balaban J connectivity index is 2.02. The molecular formula is C17H22N3O2+. The van der Waals surface area contributed by atoms with Crippen LogP contribution in [0.5, 0.6) is 0 Å². The fourth-order valence-electron chi connectivity index (χ4n) is 2.35. The van der Waals surface area contributed by atoms with Gasteiger partial charge >= 0.3 is 0 Å². The Morgan fingerprint density at radius 2 is 1.64 bits per heavy atom. The Kier molecular flexibility index (Phi) is 5.12. The van der Waals surface area contributed by atoms with Gasteiger partial charge in [-0.2, -0.15) is 0 Å². The summed E-state index contributed by atoms with van der Waals surface area (Å²) in [6.07, 6.45) is 0. The van der Waals surface area contributed by atoms with Gasteiger partial charge in [0.15, 0.2) is 0 Å². The first kappa shape index (κ1) is 16.0. The van der Waals surface area contributed by atoms with Crippen LogP contribution in [-0.4, -0.2) is 19.0 Å². The van der Waals surface area contributed by atoms with Crippen molar-refractivity contribution in [1.82, 2.24) is 0 Å². The van der Waals surface area contributed by atoms with Crippen molar-refractivity contribution in [2.75, 3.05) is 19.0 Å². The maximum absolute atomic E-state index is 11.2. The number of nitro benzene ring substituents is 1. The number of nitrogens with zero attached hydrogens (tertiary/aromatic N) is 2. The van der Waals surface area contributed by atoms with Gasteiger partial charge in [0.25, 0.3) is 5.69 Å². The summed E-state index contributed by atoms with van der Waals surface area (Å²) >= 11 is 0. The molecule has 2 aromatic rings. The van der Waals surface area contributed by atoms with Crippen molar-refractivity contribution in [3.8, 4) is 0 Å². The highest BCUT2D eigenvalue weighted by atomic mass is 16.6. The molecule has 0 aliphatic heterocycles. The van der Waals surface area contributed by atoms with Crippen molar-refractivity contribution in [3.05, 3.63) is 69.3 Å². The number of anilines is 1. The van der Waals surface area contributed by atoms with Crippen LogP contribution >= 0.6 is 0 Å². The molecular weight excluding hydrogens is 278 g/mol. The number of hydrogen-bond acceptors (Lipinski definition) is 3. The average Bonchev–Trinajstić information content (AvgIpc) is 2.49. The van der Waals surface area contributed by atoms with Crippen LogP contribution in [0.3, 0.4) is 0 Å². The summed E-state index contributed by atoms with van der Waals surface area (Å²) in [6, 6.07) is 13.9. The number of nitro groups is 1. The van der Waals surface area contributed by atoms with Gasteiger partial charge in [-0.25, -0.2) is 0 Å². The molecule has 0 bridgehead atoms. The molecule has 0 aromatic heterocycles. The molecule has 0 radical (unpaired) electrons. The lowest BCUT2D eigenvalue weighted by molar-refractivity contribution is -0.686. The topological polar surface area (TPSA) is 63.0 Å². The van der Waals surface area contributed by atoms with E-state index in [1.165, 1.54) is 11.1 Å². The third-order valence-corrected chi connectivity index (χ3v) is 3.60. The maximum atomic E-state index is 11.2. The molecule has 22 heavy (non-hydrogen) atoms. The van der Waals surface area contributed by atoms with Gasteiger partial charge in [0.05, 0.1) is 4.92 Å². The summed E-state index contributed by atoms with van der Waals surface area (Å²) in [5, 5.41) is 13.3. The van der Waals surface area contributed by atoms with Crippen LogP contribution in [0.2, 0.25) is 0 Å². The van der Waals surface area contributed by atoms with E-state index in [-0.39, 0.29) is 10.6 Å². The van der Waals surface area contributed by atoms with E-state index in [2.05, 4.69) is 36.5 Å². The van der Waals surface area contributed by atoms with Crippen LogP contribution in [0, 0.1) is 17.0 Å². The van der Waals surface area contributed by atoms with Crippen LogP contribution < -0.4 is 10.2 Å². The SMILES string of the molecule is Cc1ccc(C[NH2+]Cc2ccc(N(C)C)c([N+](=O)[O-])c2)cc1. The summed E-state index contributed by atoms with van der Waals surface area (Å²) < 4.78 is 0. The molecule has 0 amide bonds. The summed E-state index contributed by atoms with van der Waals surface area (Å²) in [6.45, 7) is 3.66. The average molecular weight is 300 g/mol. The number of rotatable bonds is 6. The second kappa shape index (κ2) is 7.04. The van der Waals surface area contributed by atoms with Gasteiger partial charge in [0.1, 0.15) is 18.8 Å². The lowest BCUT2D eigenvalue weighted by atomic mass is 10.1. The smallest absolute Gasteiger partial charge is 0.292 e. The molecule has 5 nitrogen and oxygen atoms in total. The van der Waals surface area contributed by atoms with Gasteiger partial charge < -0.3 is 10.2 Å². The first-order valence-electron chi connectivity index (χ1n) is 7.29. The van der Waals surface area contributed by atoms with Crippen LogP contribution in [0.1, 0.15) is 16.7 Å². The minimum absolute atomic E-state index is 0.159. The Hall–Kier alpha value is -2.40. The van der Waals surface area contributed by atoms with E-state index in [9.17, 15) is 10.1 Å². The zero-order chi connectivity index (χ0) is 16.1. The van der Waals surface area contributed by atoms with Gasteiger partial charge in [0, 0.05) is 31.3 Å². The molecule has 0 heterocycles. The van der Waals surface area contributed by atoms with E-state index in [1.807, 2.05) is 26.2 Å². The normalized spacial score (nSPS) is 10.5. The van der Waals surface area contributed by atoms with Gasteiger partial charge in [-0.3, -0.25) is 10.1 Å². The zero-order valence-corrected chi connectivity index (χ0v) is 13.2. The van der Waals surface area contributed by atoms with Crippen LogP contribution in [0.15, 0.2) is 42.5 Å². The molecule has 2 N–H and O–H groups in total. The van der Waals surface area contributed by atoms with E-state index in [1.54, 1.807) is 11.0 Å². The van der Waals surface area contributed by atoms with Gasteiger partial charge in [-0.05, 0) is 13.0 Å². The predicted molar refractivity (Wildman–Crippen MR) is 87.9 cm³/mol. The van der Waals surface area contributed by atoms with Gasteiger partial charge in [-0.1, -0.05) is 35.9 Å². The maximum Gasteiger partial charge on any atom is 0.292 e. The molecule has 0 spiro atoms. The summed E-state index contributed by atoms with van der Waals surface area (Å²) in [5.74, 6) is 0. The second-order valence-corrected chi connectivity index (χ2v) is 5.66. The molecule has 0 saturated heterocycles. The fraction of sp³-hybridized carbons (Fsp3) is 0.294. The lowest BCUT2D eigenvalue weighted by Crippen LogP contribution is -2.80. The molecule has 2 aromatic carbocycles. The monoisotopic (exact) mass is 300 g/mol. The highest BCUT2D eigenvalue weighted by molar-refractivity contribution is 5.63. The standard InChI is InChI=1S/C17H21N3O2/c1-13-4-6-14(7-5-13)11-18-12-15-8-9-16(19(2)3)17(10-15)20(21)22/h4-10,18H,11-12H2,1-3H3/p+1. The molecule has 0 aliphatic carbocycles. The third-order valence-electron chi connectivity index (χ3n) is 3.60. The van der Waals surface area contributed by atoms with Crippen molar-refractivity contribution in [3.63, 3.8) is 0 Å². The molecule has 2 rings (SSSR count). The predicted octanol–water partition coefficient (Wildman–Crippen LogP) is 2.23. The fourth-order valence-corrected chi connectivity index (χ4v) is 2.35. The van der Waals surface area contributed by atoms with E-state index < -0.39 is 0 Å². The number of aryl methyl sites for hydroxylation is 1. The van der Waals surface area contributed by atoms with E-state index in [0.717, 1.165) is 18.7 Å². The molecule has 5 heteroatoms. The van der Waals surface area contributed by atoms with Crippen LogP contribution in [-0.2, 0) is 13.1 Å². The Morgan fingerprint density at radius 3 is 2.23 bits per heavy atom. The van der Waals surface area contributed by atoms with Crippen molar-refractivity contribution in [2.45, 2.75) is 20.0 Å². The highest BCUT2D eigenvalue weighted by Crippen LogP contribution is 2.27. The molecule has 0 aliphatic rings. The largest absolute Gasteiger partial charge is 0.372 e. The molecule has 0 unspecified atom stereocenters. The summed E-state index contributed by atoms with van der Waals surface area (Å²) in [7, 11) is 3.62. The van der Waals surface area contributed by atoms with Crippen molar-refractivity contribution in [1.29, 1.82) is 0 Å². The molecule has 0 atom stereocenters. The second-order valence-electron chi connectivity index (χ2n) is 5.66. The molecule has 116 valence electrons. The first-order valence-corrected chi connectivity index (χ1v) is 7.29. The Morgan fingerprint density at radius 1 is 1.05 bits per heavy atom. The Labute approximate surface area is 130 Å². The van der Waals surface area contributed by atoms with Gasteiger partial charge in [0.2, 0.25) is 0 Å². The van der Waals surface area contributed by atoms with Crippen molar-refractivity contribution < 1.29 is 10.2 Å². The number of hydrogen-bond donors (Lipinski definition) is 1. The van der Waals surface area contributed by atoms with E-state index >= 15 is 0 Å². The number of nitrogens with two attached hydrogens (primary N) is 1. The zero-order valence-electron chi connectivity index (χ0n) is 13.2. The lowest BCUT2D eigenvalue weighted by Gasteiger charge is -2.13. The van der Waals surface area contributed by atoms with Crippen molar-refractivity contribution in [2.24, 2.45) is 0 Å². The highest BCUT2D eigenvalue weighted by Gasteiger charge is 2.16. The number of benzene rings is 2. The Bertz CT molecular complexity index is 651. The third kappa shape index (κ3) is 4.05. The summed E-state index contributed by atoms with van der Waals surface area (Å²) in [4.78, 5) is 12.6. The van der Waals surface area contributed by atoms with E-state index in [4.69, 9.17) is 0 Å². The van der Waals surface area contributed by atoms with Crippen LogP contribution in [0.25, 0.3) is 0 Å². The quantitative estimate of drug-likeness (QED) is 0.657. The first-order chi connectivity index (χ1) is 10.5. The van der Waals surface area contributed by atoms with Crippen LogP contribution in [0.4, 0.5) is 11.4 Å². The molecule has 0 fully saturated rings. The van der Waals surface area contributed by atoms with E-state index in [0.29, 0.717) is 5.69 Å². The molecule has 0 saturated carbocycles. The van der Waals surface area contributed by atoms with Crippen molar-refractivity contribution >= 4 is 11.4 Å². The van der Waals surface area contributed by atoms with Gasteiger partial charge in [-0.15, -0.1) is 0 Å². The number of quaternary nitrogens is 1. The minimum Gasteiger partial charge on any atom is -0.372 e. The summed E-state index contributed by atoms with van der Waals surface area (Å²) in [5.41, 5.74) is 4.26. The minimum atomic E-state index is -0.321.